The second-order valence-corrected chi connectivity index (χ2v) is 4.15. The molecule has 6 heteroatoms. The van der Waals surface area contributed by atoms with E-state index in [2.05, 4.69) is 10.3 Å². The van der Waals surface area contributed by atoms with Gasteiger partial charge in [0.05, 0.1) is 12.7 Å². The molecule has 2 aromatic rings. The van der Waals surface area contributed by atoms with Crippen LogP contribution in [0.25, 0.3) is 0 Å². The molecule has 0 bridgehead atoms. The maximum Gasteiger partial charge on any atom is 0.251 e. The molecule has 0 saturated heterocycles. The Labute approximate surface area is 115 Å². The quantitative estimate of drug-likeness (QED) is 0.776. The molecule has 0 atom stereocenters. The number of carbonyl (C=O) groups excluding carboxylic acids is 1. The number of carbonyl (C=O) groups is 1. The minimum Gasteiger partial charge on any atom is -0.497 e. The molecule has 1 aromatic carbocycles. The van der Waals surface area contributed by atoms with Crippen molar-refractivity contribution in [3.63, 3.8) is 0 Å². The number of rotatable bonds is 4. The third-order valence-corrected chi connectivity index (χ3v) is 2.70. The molecular formula is C14H14N2O4. The van der Waals surface area contributed by atoms with E-state index >= 15 is 0 Å². The number of amides is 1. The number of pyridine rings is 1. The fraction of sp³-hybridized carbons (Fsp3) is 0.143. The fourth-order valence-corrected chi connectivity index (χ4v) is 1.69. The van der Waals surface area contributed by atoms with E-state index in [1.807, 2.05) is 12.1 Å². The third kappa shape index (κ3) is 3.38. The summed E-state index contributed by atoms with van der Waals surface area (Å²) in [4.78, 5) is 25.2. The van der Waals surface area contributed by atoms with Crippen LogP contribution >= 0.6 is 0 Å². The Bertz CT molecular complexity index is 662. The van der Waals surface area contributed by atoms with E-state index in [1.165, 1.54) is 6.07 Å². The van der Waals surface area contributed by atoms with Gasteiger partial charge in [-0.15, -0.1) is 0 Å². The number of aromatic hydroxyl groups is 1. The highest BCUT2D eigenvalue weighted by atomic mass is 16.5. The van der Waals surface area contributed by atoms with Gasteiger partial charge in [-0.2, -0.15) is 0 Å². The SMILES string of the molecule is COc1ccc(CNC(=O)c2cc(O)[nH]c(=O)c2)cc1. The monoisotopic (exact) mass is 274 g/mol. The maximum atomic E-state index is 11.8. The van der Waals surface area contributed by atoms with Crippen molar-refractivity contribution < 1.29 is 14.6 Å². The van der Waals surface area contributed by atoms with E-state index in [0.717, 1.165) is 17.4 Å². The lowest BCUT2D eigenvalue weighted by Gasteiger charge is -2.06. The summed E-state index contributed by atoms with van der Waals surface area (Å²) in [6.45, 7) is 0.316. The fourth-order valence-electron chi connectivity index (χ4n) is 1.69. The van der Waals surface area contributed by atoms with Crippen molar-refractivity contribution in [1.29, 1.82) is 0 Å². The van der Waals surface area contributed by atoms with Crippen LogP contribution in [0, 0.1) is 0 Å². The van der Waals surface area contributed by atoms with Gasteiger partial charge in [-0.3, -0.25) is 14.6 Å². The molecule has 20 heavy (non-hydrogen) atoms. The number of hydrogen-bond acceptors (Lipinski definition) is 4. The van der Waals surface area contributed by atoms with Crippen LogP contribution in [0.15, 0.2) is 41.2 Å². The summed E-state index contributed by atoms with van der Waals surface area (Å²) in [6.07, 6.45) is 0. The molecule has 3 N–H and O–H groups in total. The first-order valence-corrected chi connectivity index (χ1v) is 5.93. The van der Waals surface area contributed by atoms with Crippen molar-refractivity contribution in [3.8, 4) is 11.6 Å². The zero-order valence-electron chi connectivity index (χ0n) is 10.8. The van der Waals surface area contributed by atoms with Crippen LogP contribution in [0.4, 0.5) is 0 Å². The minimum atomic E-state index is -0.528. The average molecular weight is 274 g/mol. The molecule has 0 aliphatic heterocycles. The Balaban J connectivity index is 2.02. The van der Waals surface area contributed by atoms with E-state index in [4.69, 9.17) is 4.74 Å². The molecule has 1 heterocycles. The maximum absolute atomic E-state index is 11.8. The van der Waals surface area contributed by atoms with Crippen LogP contribution in [0.2, 0.25) is 0 Å². The van der Waals surface area contributed by atoms with Gasteiger partial charge in [0.15, 0.2) is 5.88 Å². The van der Waals surface area contributed by atoms with Gasteiger partial charge in [0.2, 0.25) is 0 Å². The number of ether oxygens (including phenoxy) is 1. The first-order valence-electron chi connectivity index (χ1n) is 5.93. The lowest BCUT2D eigenvalue weighted by atomic mass is 10.2. The summed E-state index contributed by atoms with van der Waals surface area (Å²) in [5.41, 5.74) is 0.479. The van der Waals surface area contributed by atoms with Gasteiger partial charge in [-0.05, 0) is 17.7 Å². The van der Waals surface area contributed by atoms with Crippen molar-refractivity contribution in [2.24, 2.45) is 0 Å². The molecular weight excluding hydrogens is 260 g/mol. The van der Waals surface area contributed by atoms with E-state index in [-0.39, 0.29) is 11.4 Å². The van der Waals surface area contributed by atoms with Crippen LogP contribution < -0.4 is 15.6 Å². The summed E-state index contributed by atoms with van der Waals surface area (Å²) in [6, 6.07) is 9.57. The summed E-state index contributed by atoms with van der Waals surface area (Å²) in [7, 11) is 1.58. The Morgan fingerprint density at radius 1 is 1.30 bits per heavy atom. The van der Waals surface area contributed by atoms with Gasteiger partial charge in [0.25, 0.3) is 11.5 Å². The Hall–Kier alpha value is -2.76. The standard InChI is InChI=1S/C14H14N2O4/c1-20-11-4-2-9(3-5-11)8-15-14(19)10-6-12(17)16-13(18)7-10/h2-7H,8H2,1H3,(H,15,19)(H2,16,17,18). The molecule has 6 nitrogen and oxygen atoms in total. The zero-order valence-corrected chi connectivity index (χ0v) is 10.8. The van der Waals surface area contributed by atoms with Crippen molar-refractivity contribution in [2.75, 3.05) is 7.11 Å². The number of H-pyrrole nitrogens is 1. The topological polar surface area (TPSA) is 91.4 Å². The number of benzene rings is 1. The predicted octanol–water partition coefficient (Wildman–Crippen LogP) is 1.02. The number of nitrogens with one attached hydrogen (secondary N) is 2. The van der Waals surface area contributed by atoms with Crippen molar-refractivity contribution in [1.82, 2.24) is 10.3 Å². The third-order valence-electron chi connectivity index (χ3n) is 2.70. The molecule has 2 rings (SSSR count). The molecule has 0 aliphatic rings. The van der Waals surface area contributed by atoms with Gasteiger partial charge in [-0.1, -0.05) is 12.1 Å². The predicted molar refractivity (Wildman–Crippen MR) is 72.9 cm³/mol. The van der Waals surface area contributed by atoms with Gasteiger partial charge in [-0.25, -0.2) is 0 Å². The van der Waals surface area contributed by atoms with Gasteiger partial charge in [0.1, 0.15) is 5.75 Å². The Kier molecular flexibility index (Phi) is 4.05. The van der Waals surface area contributed by atoms with Gasteiger partial charge < -0.3 is 15.2 Å². The molecule has 104 valence electrons. The van der Waals surface area contributed by atoms with Gasteiger partial charge >= 0.3 is 0 Å². The van der Waals surface area contributed by atoms with Crippen molar-refractivity contribution in [2.45, 2.75) is 6.54 Å². The van der Waals surface area contributed by atoms with Crippen molar-refractivity contribution >= 4 is 5.91 Å². The van der Waals surface area contributed by atoms with Crippen LogP contribution in [-0.4, -0.2) is 23.1 Å². The summed E-state index contributed by atoms with van der Waals surface area (Å²) in [5, 5.41) is 11.9. The highest BCUT2D eigenvalue weighted by Crippen LogP contribution is 2.11. The molecule has 1 amide bonds. The van der Waals surface area contributed by atoms with Gasteiger partial charge in [0, 0.05) is 18.7 Å². The Morgan fingerprint density at radius 2 is 2.00 bits per heavy atom. The molecule has 0 aliphatic carbocycles. The molecule has 0 fully saturated rings. The second kappa shape index (κ2) is 5.92. The number of aromatic nitrogens is 1. The minimum absolute atomic E-state index is 0.111. The smallest absolute Gasteiger partial charge is 0.251 e. The van der Waals surface area contributed by atoms with Crippen molar-refractivity contribution in [3.05, 3.63) is 57.9 Å². The summed E-state index contributed by atoms with van der Waals surface area (Å²) in [5.74, 6) is -0.0334. The number of hydrogen-bond donors (Lipinski definition) is 3. The molecule has 1 aromatic heterocycles. The largest absolute Gasteiger partial charge is 0.497 e. The van der Waals surface area contributed by atoms with E-state index in [9.17, 15) is 14.7 Å². The Morgan fingerprint density at radius 3 is 2.60 bits per heavy atom. The second-order valence-electron chi connectivity index (χ2n) is 4.15. The highest BCUT2D eigenvalue weighted by molar-refractivity contribution is 5.94. The molecule has 0 unspecified atom stereocenters. The van der Waals surface area contributed by atoms with Crippen LogP contribution in [0.3, 0.4) is 0 Å². The van der Waals surface area contributed by atoms with E-state index < -0.39 is 11.5 Å². The van der Waals surface area contributed by atoms with Crippen LogP contribution in [-0.2, 0) is 6.54 Å². The normalized spacial score (nSPS) is 10.1. The highest BCUT2D eigenvalue weighted by Gasteiger charge is 2.07. The van der Waals surface area contributed by atoms with E-state index in [0.29, 0.717) is 6.54 Å². The molecule has 0 spiro atoms. The summed E-state index contributed by atoms with van der Waals surface area (Å²) < 4.78 is 5.04. The summed E-state index contributed by atoms with van der Waals surface area (Å²) >= 11 is 0. The van der Waals surface area contributed by atoms with E-state index in [1.54, 1.807) is 19.2 Å². The van der Waals surface area contributed by atoms with Crippen LogP contribution in [0.5, 0.6) is 11.6 Å². The first-order chi connectivity index (χ1) is 9.58. The zero-order chi connectivity index (χ0) is 14.5. The lowest BCUT2D eigenvalue weighted by Crippen LogP contribution is -2.24. The first kappa shape index (κ1) is 13.7. The molecule has 0 saturated carbocycles. The van der Waals surface area contributed by atoms with Crippen LogP contribution in [0.1, 0.15) is 15.9 Å². The molecule has 0 radical (unpaired) electrons. The average Bonchev–Trinajstić information content (AvgIpc) is 2.44. The number of aromatic amines is 1. The number of methoxy groups -OCH3 is 1. The lowest BCUT2D eigenvalue weighted by molar-refractivity contribution is 0.0950.